The number of thiophene rings is 1. The molecule has 0 fully saturated rings. The Morgan fingerprint density at radius 2 is 2.50 bits per heavy atom. The van der Waals surface area contributed by atoms with Crippen LogP contribution in [0.4, 0.5) is 5.69 Å². The first kappa shape index (κ1) is 8.13. The van der Waals surface area contributed by atoms with E-state index in [2.05, 4.69) is 11.9 Å². The van der Waals surface area contributed by atoms with Crippen LogP contribution in [0.5, 0.6) is 0 Å². The molecule has 1 atom stereocenters. The van der Waals surface area contributed by atoms with Crippen LogP contribution in [0.2, 0.25) is 0 Å². The van der Waals surface area contributed by atoms with Crippen LogP contribution in [0.1, 0.15) is 11.8 Å². The average Bonchev–Trinajstić information content (AvgIpc) is 2.58. The van der Waals surface area contributed by atoms with Crippen LogP contribution >= 0.6 is 23.1 Å². The molecular weight excluding hydrogens is 188 g/mol. The molecule has 12 heavy (non-hydrogen) atoms. The summed E-state index contributed by atoms with van der Waals surface area (Å²) in [6.07, 6.45) is 0. The fourth-order valence-electron chi connectivity index (χ4n) is 1.07. The Hall–Kier alpha value is -0.480. The topological polar surface area (TPSA) is 38.4 Å². The molecule has 1 unspecified atom stereocenters. The van der Waals surface area contributed by atoms with Crippen LogP contribution in [0, 0.1) is 0 Å². The van der Waals surface area contributed by atoms with Crippen molar-refractivity contribution in [1.82, 2.24) is 0 Å². The Morgan fingerprint density at radius 1 is 1.67 bits per heavy atom. The zero-order valence-electron chi connectivity index (χ0n) is 6.78. The maximum absolute atomic E-state index is 5.63. The van der Waals surface area contributed by atoms with Crippen molar-refractivity contribution in [3.8, 4) is 0 Å². The van der Waals surface area contributed by atoms with E-state index in [1.165, 1.54) is 4.88 Å². The summed E-state index contributed by atoms with van der Waals surface area (Å²) in [7, 11) is 0. The second kappa shape index (κ2) is 3.11. The van der Waals surface area contributed by atoms with Gasteiger partial charge in [0.15, 0.2) is 0 Å². The minimum Gasteiger partial charge on any atom is -0.398 e. The standard InChI is InChI=1S/C8H10N2S2/c1-5-3-12-8(10-5)7-2-6(9)4-11-7/h2,4-5H,3,9H2,1H3. The Labute approximate surface area is 79.9 Å². The molecule has 2 nitrogen and oxygen atoms in total. The maximum Gasteiger partial charge on any atom is 0.108 e. The van der Waals surface area contributed by atoms with Crippen molar-refractivity contribution in [1.29, 1.82) is 0 Å². The highest BCUT2D eigenvalue weighted by molar-refractivity contribution is 8.15. The maximum atomic E-state index is 5.63. The highest BCUT2D eigenvalue weighted by Crippen LogP contribution is 2.27. The normalized spacial score (nSPS) is 22.8. The Kier molecular flexibility index (Phi) is 2.11. The van der Waals surface area contributed by atoms with Gasteiger partial charge in [-0.2, -0.15) is 0 Å². The molecule has 0 amide bonds. The highest BCUT2D eigenvalue weighted by Gasteiger charge is 2.16. The quantitative estimate of drug-likeness (QED) is 0.751. The summed E-state index contributed by atoms with van der Waals surface area (Å²) in [5.41, 5.74) is 6.47. The number of thioether (sulfide) groups is 1. The minimum atomic E-state index is 0.466. The number of rotatable bonds is 1. The summed E-state index contributed by atoms with van der Waals surface area (Å²) in [5.74, 6) is 1.10. The number of nitrogen functional groups attached to an aromatic ring is 1. The van der Waals surface area contributed by atoms with Gasteiger partial charge in [-0.3, -0.25) is 4.99 Å². The van der Waals surface area contributed by atoms with Gasteiger partial charge in [-0.25, -0.2) is 0 Å². The molecule has 0 spiro atoms. The lowest BCUT2D eigenvalue weighted by molar-refractivity contribution is 0.866. The van der Waals surface area contributed by atoms with Gasteiger partial charge in [-0.1, -0.05) is 0 Å². The van der Waals surface area contributed by atoms with Gasteiger partial charge in [0.25, 0.3) is 0 Å². The van der Waals surface area contributed by atoms with Gasteiger partial charge in [0.05, 0.1) is 10.9 Å². The first-order valence-electron chi connectivity index (χ1n) is 3.80. The largest absolute Gasteiger partial charge is 0.398 e. The number of hydrogen-bond acceptors (Lipinski definition) is 4. The van der Waals surface area contributed by atoms with Gasteiger partial charge in [0.2, 0.25) is 0 Å². The molecule has 0 saturated heterocycles. The van der Waals surface area contributed by atoms with Crippen molar-refractivity contribution in [2.75, 3.05) is 11.5 Å². The summed E-state index contributed by atoms with van der Waals surface area (Å²) in [5, 5.41) is 3.12. The Morgan fingerprint density at radius 3 is 3.00 bits per heavy atom. The number of anilines is 1. The minimum absolute atomic E-state index is 0.466. The van der Waals surface area contributed by atoms with Crippen LogP contribution in [-0.4, -0.2) is 16.8 Å². The van der Waals surface area contributed by atoms with Crippen LogP contribution < -0.4 is 5.73 Å². The number of nitrogens with two attached hydrogens (primary N) is 1. The van der Waals surface area contributed by atoms with E-state index in [0.717, 1.165) is 16.5 Å². The lowest BCUT2D eigenvalue weighted by Crippen LogP contribution is -1.92. The molecule has 1 aliphatic heterocycles. The SMILES string of the molecule is CC1CSC(c2cc(N)cs2)=N1. The van der Waals surface area contributed by atoms with E-state index in [4.69, 9.17) is 5.73 Å². The molecule has 0 aromatic carbocycles. The molecule has 0 radical (unpaired) electrons. The fraction of sp³-hybridized carbons (Fsp3) is 0.375. The third-order valence-corrected chi connectivity index (χ3v) is 3.96. The van der Waals surface area contributed by atoms with Crippen molar-refractivity contribution >= 4 is 33.8 Å². The smallest absolute Gasteiger partial charge is 0.108 e. The van der Waals surface area contributed by atoms with Crippen LogP contribution in [0.25, 0.3) is 0 Å². The molecule has 2 heterocycles. The lowest BCUT2D eigenvalue weighted by Gasteiger charge is -1.90. The van der Waals surface area contributed by atoms with Crippen molar-refractivity contribution in [2.24, 2.45) is 4.99 Å². The summed E-state index contributed by atoms with van der Waals surface area (Å²) in [6.45, 7) is 2.14. The van der Waals surface area contributed by atoms with Crippen LogP contribution in [-0.2, 0) is 0 Å². The van der Waals surface area contributed by atoms with Gasteiger partial charge in [-0.15, -0.1) is 23.1 Å². The van der Waals surface area contributed by atoms with E-state index < -0.39 is 0 Å². The summed E-state index contributed by atoms with van der Waals surface area (Å²) < 4.78 is 0. The van der Waals surface area contributed by atoms with Crippen molar-refractivity contribution in [3.63, 3.8) is 0 Å². The molecule has 2 N–H and O–H groups in total. The van der Waals surface area contributed by atoms with E-state index in [1.54, 1.807) is 11.3 Å². The first-order valence-corrected chi connectivity index (χ1v) is 5.67. The summed E-state index contributed by atoms with van der Waals surface area (Å²) in [4.78, 5) is 5.72. The second-order valence-electron chi connectivity index (χ2n) is 2.84. The lowest BCUT2D eigenvalue weighted by atomic mass is 10.4. The number of hydrogen-bond donors (Lipinski definition) is 1. The zero-order valence-corrected chi connectivity index (χ0v) is 8.41. The molecular formula is C8H10N2S2. The van der Waals surface area contributed by atoms with Crippen LogP contribution in [0.15, 0.2) is 16.4 Å². The van der Waals surface area contributed by atoms with E-state index in [0.29, 0.717) is 6.04 Å². The molecule has 1 aromatic rings. The van der Waals surface area contributed by atoms with E-state index in [9.17, 15) is 0 Å². The monoisotopic (exact) mass is 198 g/mol. The second-order valence-corrected chi connectivity index (χ2v) is 4.76. The molecule has 0 bridgehead atoms. The van der Waals surface area contributed by atoms with Gasteiger partial charge >= 0.3 is 0 Å². The third kappa shape index (κ3) is 1.49. The Balaban J connectivity index is 2.26. The molecule has 2 rings (SSSR count). The summed E-state index contributed by atoms with van der Waals surface area (Å²) >= 11 is 3.49. The van der Waals surface area contributed by atoms with Crippen molar-refractivity contribution < 1.29 is 0 Å². The predicted molar refractivity (Wildman–Crippen MR) is 57.2 cm³/mol. The highest BCUT2D eigenvalue weighted by atomic mass is 32.2. The predicted octanol–water partition coefficient (Wildman–Crippen LogP) is 2.21. The third-order valence-electron chi connectivity index (χ3n) is 1.63. The van der Waals surface area contributed by atoms with E-state index in [1.807, 2.05) is 23.2 Å². The molecule has 0 saturated carbocycles. The van der Waals surface area contributed by atoms with Crippen molar-refractivity contribution in [2.45, 2.75) is 13.0 Å². The summed E-state index contributed by atoms with van der Waals surface area (Å²) in [6, 6.07) is 2.46. The molecule has 1 aromatic heterocycles. The molecule has 1 aliphatic rings. The zero-order chi connectivity index (χ0) is 8.55. The van der Waals surface area contributed by atoms with E-state index in [-0.39, 0.29) is 0 Å². The van der Waals surface area contributed by atoms with Crippen LogP contribution in [0.3, 0.4) is 0 Å². The van der Waals surface area contributed by atoms with E-state index >= 15 is 0 Å². The fourth-order valence-corrected chi connectivity index (χ4v) is 3.01. The average molecular weight is 198 g/mol. The van der Waals surface area contributed by atoms with Gasteiger partial charge in [0.1, 0.15) is 5.04 Å². The van der Waals surface area contributed by atoms with Crippen molar-refractivity contribution in [3.05, 3.63) is 16.3 Å². The number of nitrogens with zero attached hydrogens (tertiary/aromatic N) is 1. The van der Waals surface area contributed by atoms with Gasteiger partial charge in [0, 0.05) is 16.8 Å². The Bertz CT molecular complexity index is 317. The number of aliphatic imine (C=N–C) groups is 1. The van der Waals surface area contributed by atoms with Gasteiger partial charge in [-0.05, 0) is 13.0 Å². The molecule has 4 heteroatoms. The molecule has 64 valence electrons. The first-order chi connectivity index (χ1) is 5.75. The molecule has 0 aliphatic carbocycles. The van der Waals surface area contributed by atoms with Gasteiger partial charge < -0.3 is 5.73 Å².